The Kier molecular flexibility index (Phi) is 7.00. The third-order valence-electron chi connectivity index (χ3n) is 2.29. The van der Waals surface area contributed by atoms with Crippen molar-refractivity contribution in [3.63, 3.8) is 0 Å². The number of esters is 1. The summed E-state index contributed by atoms with van der Waals surface area (Å²) in [6.45, 7) is 4.29. The van der Waals surface area contributed by atoms with Gasteiger partial charge in [0.15, 0.2) is 0 Å². The van der Waals surface area contributed by atoms with E-state index in [9.17, 15) is 4.79 Å². The molecule has 1 aliphatic heterocycles. The highest BCUT2D eigenvalue weighted by atomic mass is 35.5. The third kappa shape index (κ3) is 5.88. The molecule has 0 spiro atoms. The predicted octanol–water partition coefficient (Wildman–Crippen LogP) is 1.36. The lowest BCUT2D eigenvalue weighted by atomic mass is 9.95. The van der Waals surface area contributed by atoms with Gasteiger partial charge >= 0.3 is 5.97 Å². The Morgan fingerprint density at radius 3 is 2.62 bits per heavy atom. The summed E-state index contributed by atoms with van der Waals surface area (Å²) in [5, 5.41) is 3.31. The number of carbonyl (C=O) groups is 1. The molecule has 1 aliphatic rings. The molecule has 0 radical (unpaired) electrons. The molecule has 0 bridgehead atoms. The number of rotatable bonds is 3. The van der Waals surface area contributed by atoms with Gasteiger partial charge in [-0.25, -0.2) is 0 Å². The van der Waals surface area contributed by atoms with E-state index in [1.54, 1.807) is 0 Å². The van der Waals surface area contributed by atoms with Crippen molar-refractivity contribution in [2.45, 2.75) is 26.2 Å². The van der Waals surface area contributed by atoms with E-state index in [4.69, 9.17) is 4.74 Å². The monoisotopic (exact) mass is 207 g/mol. The van der Waals surface area contributed by atoms with Crippen LogP contribution in [0.3, 0.4) is 0 Å². The summed E-state index contributed by atoms with van der Waals surface area (Å²) < 4.78 is 4.89. The molecule has 0 aromatic heterocycles. The Morgan fingerprint density at radius 1 is 1.46 bits per heavy atom. The standard InChI is InChI=1S/C9H17NO2.ClH/c1-8(11)12-7-4-9-2-5-10-6-3-9;/h9-10H,2-7H2,1H3;1H. The largest absolute Gasteiger partial charge is 0.466 e. The molecule has 1 heterocycles. The lowest BCUT2D eigenvalue weighted by Gasteiger charge is -2.21. The zero-order valence-corrected chi connectivity index (χ0v) is 8.86. The first-order valence-electron chi connectivity index (χ1n) is 4.63. The second-order valence-corrected chi connectivity index (χ2v) is 3.32. The summed E-state index contributed by atoms with van der Waals surface area (Å²) >= 11 is 0. The van der Waals surface area contributed by atoms with Crippen LogP contribution in [-0.2, 0) is 9.53 Å². The first-order chi connectivity index (χ1) is 5.79. The molecule has 1 saturated heterocycles. The van der Waals surface area contributed by atoms with E-state index >= 15 is 0 Å². The van der Waals surface area contributed by atoms with Gasteiger partial charge in [0.25, 0.3) is 0 Å². The van der Waals surface area contributed by atoms with E-state index < -0.39 is 0 Å². The molecule has 3 nitrogen and oxygen atoms in total. The first kappa shape index (κ1) is 12.7. The summed E-state index contributed by atoms with van der Waals surface area (Å²) in [6.07, 6.45) is 3.48. The molecule has 0 aromatic rings. The first-order valence-corrected chi connectivity index (χ1v) is 4.63. The molecular formula is C9H18ClNO2. The highest BCUT2D eigenvalue weighted by molar-refractivity contribution is 5.85. The summed E-state index contributed by atoms with van der Waals surface area (Å²) in [4.78, 5) is 10.5. The van der Waals surface area contributed by atoms with Gasteiger partial charge in [-0.05, 0) is 38.3 Å². The molecule has 1 fully saturated rings. The lowest BCUT2D eigenvalue weighted by molar-refractivity contribution is -0.141. The van der Waals surface area contributed by atoms with Gasteiger partial charge in [0.2, 0.25) is 0 Å². The maximum atomic E-state index is 10.5. The molecule has 78 valence electrons. The second-order valence-electron chi connectivity index (χ2n) is 3.32. The molecule has 0 saturated carbocycles. The third-order valence-corrected chi connectivity index (χ3v) is 2.29. The van der Waals surface area contributed by atoms with Gasteiger partial charge in [-0.15, -0.1) is 12.4 Å². The average molecular weight is 208 g/mol. The van der Waals surface area contributed by atoms with Gasteiger partial charge in [-0.3, -0.25) is 4.79 Å². The molecule has 0 unspecified atom stereocenters. The number of hydrogen-bond acceptors (Lipinski definition) is 3. The number of piperidine rings is 1. The molecule has 1 rings (SSSR count). The van der Waals surface area contributed by atoms with E-state index in [-0.39, 0.29) is 18.4 Å². The van der Waals surface area contributed by atoms with E-state index in [0.717, 1.165) is 25.4 Å². The molecule has 4 heteroatoms. The minimum Gasteiger partial charge on any atom is -0.466 e. The van der Waals surface area contributed by atoms with Crippen LogP contribution < -0.4 is 5.32 Å². The lowest BCUT2D eigenvalue weighted by Crippen LogP contribution is -2.28. The minimum absolute atomic E-state index is 0. The van der Waals surface area contributed by atoms with Gasteiger partial charge in [0.1, 0.15) is 0 Å². The molecule has 0 atom stereocenters. The molecule has 0 amide bonds. The SMILES string of the molecule is CC(=O)OCCC1CCNCC1.Cl. The van der Waals surface area contributed by atoms with Crippen molar-refractivity contribution in [2.24, 2.45) is 5.92 Å². The highest BCUT2D eigenvalue weighted by Crippen LogP contribution is 2.15. The maximum absolute atomic E-state index is 10.5. The van der Waals surface area contributed by atoms with Gasteiger partial charge in [-0.2, -0.15) is 0 Å². The second kappa shape index (κ2) is 7.15. The highest BCUT2D eigenvalue weighted by Gasteiger charge is 2.12. The van der Waals surface area contributed by atoms with Crippen molar-refractivity contribution in [2.75, 3.05) is 19.7 Å². The maximum Gasteiger partial charge on any atom is 0.302 e. The van der Waals surface area contributed by atoms with Crippen LogP contribution in [0.15, 0.2) is 0 Å². The van der Waals surface area contributed by atoms with Crippen LogP contribution in [0.4, 0.5) is 0 Å². The summed E-state index contributed by atoms with van der Waals surface area (Å²) in [5.74, 6) is 0.592. The zero-order valence-electron chi connectivity index (χ0n) is 8.04. The van der Waals surface area contributed by atoms with Crippen molar-refractivity contribution in [1.82, 2.24) is 5.32 Å². The van der Waals surface area contributed by atoms with Crippen molar-refractivity contribution in [1.29, 1.82) is 0 Å². The van der Waals surface area contributed by atoms with Crippen LogP contribution >= 0.6 is 12.4 Å². The quantitative estimate of drug-likeness (QED) is 0.711. The fourth-order valence-electron chi connectivity index (χ4n) is 1.54. The van der Waals surface area contributed by atoms with Gasteiger partial charge in [0, 0.05) is 6.92 Å². The number of halogens is 1. The van der Waals surface area contributed by atoms with Crippen LogP contribution in [-0.4, -0.2) is 25.7 Å². The zero-order chi connectivity index (χ0) is 8.81. The minimum atomic E-state index is -0.163. The Hall–Kier alpha value is -0.280. The Balaban J connectivity index is 0.00000144. The topological polar surface area (TPSA) is 38.3 Å². The van der Waals surface area contributed by atoms with Crippen molar-refractivity contribution in [3.05, 3.63) is 0 Å². The van der Waals surface area contributed by atoms with Crippen molar-refractivity contribution in [3.8, 4) is 0 Å². The van der Waals surface area contributed by atoms with Crippen LogP contribution in [0, 0.1) is 5.92 Å². The Morgan fingerprint density at radius 2 is 2.08 bits per heavy atom. The molecule has 1 N–H and O–H groups in total. The summed E-state index contributed by atoms with van der Waals surface area (Å²) in [7, 11) is 0. The Labute approximate surface area is 85.6 Å². The normalized spacial score (nSPS) is 17.6. The van der Waals surface area contributed by atoms with Crippen molar-refractivity contribution < 1.29 is 9.53 Å². The summed E-state index contributed by atoms with van der Waals surface area (Å²) in [6, 6.07) is 0. The van der Waals surface area contributed by atoms with Gasteiger partial charge in [0.05, 0.1) is 6.61 Å². The molecule has 0 aliphatic carbocycles. The van der Waals surface area contributed by atoms with Gasteiger partial charge < -0.3 is 10.1 Å². The average Bonchev–Trinajstić information content (AvgIpc) is 2.05. The molecule has 13 heavy (non-hydrogen) atoms. The number of carbonyl (C=O) groups excluding carboxylic acids is 1. The fourth-order valence-corrected chi connectivity index (χ4v) is 1.54. The van der Waals surface area contributed by atoms with E-state index in [2.05, 4.69) is 5.32 Å². The number of nitrogens with one attached hydrogen (secondary N) is 1. The number of ether oxygens (including phenoxy) is 1. The predicted molar refractivity (Wildman–Crippen MR) is 54.1 cm³/mol. The Bertz CT molecular complexity index is 147. The summed E-state index contributed by atoms with van der Waals surface area (Å²) in [5.41, 5.74) is 0. The molecular weight excluding hydrogens is 190 g/mol. The molecule has 0 aromatic carbocycles. The smallest absolute Gasteiger partial charge is 0.302 e. The number of hydrogen-bond donors (Lipinski definition) is 1. The van der Waals surface area contributed by atoms with Crippen LogP contribution in [0.1, 0.15) is 26.2 Å². The van der Waals surface area contributed by atoms with Gasteiger partial charge in [-0.1, -0.05) is 0 Å². The van der Waals surface area contributed by atoms with Crippen LogP contribution in [0.25, 0.3) is 0 Å². The van der Waals surface area contributed by atoms with E-state index in [0.29, 0.717) is 6.61 Å². The fraction of sp³-hybridized carbons (Fsp3) is 0.889. The van der Waals surface area contributed by atoms with E-state index in [1.807, 2.05) is 0 Å². The van der Waals surface area contributed by atoms with E-state index in [1.165, 1.54) is 19.8 Å². The van der Waals surface area contributed by atoms with Crippen LogP contribution in [0.5, 0.6) is 0 Å². The van der Waals surface area contributed by atoms with Crippen molar-refractivity contribution >= 4 is 18.4 Å². The van der Waals surface area contributed by atoms with Crippen LogP contribution in [0.2, 0.25) is 0 Å².